The van der Waals surface area contributed by atoms with Crippen LogP contribution in [0.2, 0.25) is 0 Å². The molecule has 3 aliphatic rings. The lowest BCUT2D eigenvalue weighted by Crippen LogP contribution is -2.49. The molecule has 3 fully saturated rings. The van der Waals surface area contributed by atoms with E-state index in [2.05, 4.69) is 39.6 Å². The minimum Gasteiger partial charge on any atom is -0.442 e. The van der Waals surface area contributed by atoms with Gasteiger partial charge in [-0.3, -0.25) is 9.80 Å². The summed E-state index contributed by atoms with van der Waals surface area (Å²) in [4.78, 5) is 16.7. The van der Waals surface area contributed by atoms with E-state index in [0.29, 0.717) is 6.04 Å². The smallest absolute Gasteiger partial charge is 0.410 e. The fourth-order valence-electron chi connectivity index (χ4n) is 4.57. The third kappa shape index (κ3) is 3.21. The zero-order valence-corrected chi connectivity index (χ0v) is 15.3. The quantitative estimate of drug-likeness (QED) is 0.890. The molecular formula is C20H25N5O2. The van der Waals surface area contributed by atoms with Crippen LogP contribution in [-0.2, 0) is 11.3 Å². The number of rotatable bonds is 4. The summed E-state index contributed by atoms with van der Waals surface area (Å²) >= 11 is 0. The number of carbonyl (C=O) groups is 1. The Labute approximate surface area is 158 Å². The molecule has 2 aromatic rings. The summed E-state index contributed by atoms with van der Waals surface area (Å²) in [6.45, 7) is 4.63. The van der Waals surface area contributed by atoms with Crippen molar-refractivity contribution >= 4 is 6.09 Å². The lowest BCUT2D eigenvalue weighted by Gasteiger charge is -2.37. The molecule has 7 heteroatoms. The minimum absolute atomic E-state index is 0.0452. The van der Waals surface area contributed by atoms with Crippen molar-refractivity contribution in [2.75, 3.05) is 26.2 Å². The van der Waals surface area contributed by atoms with Crippen LogP contribution in [0.15, 0.2) is 42.7 Å². The van der Waals surface area contributed by atoms with Gasteiger partial charge in [0.1, 0.15) is 6.10 Å². The maximum absolute atomic E-state index is 12.2. The molecule has 27 heavy (non-hydrogen) atoms. The number of hydrogen-bond acceptors (Lipinski definition) is 5. The van der Waals surface area contributed by atoms with Gasteiger partial charge >= 0.3 is 6.09 Å². The van der Waals surface area contributed by atoms with E-state index in [1.54, 1.807) is 6.20 Å². The number of likely N-dealkylation sites (tertiary alicyclic amines) is 1. The van der Waals surface area contributed by atoms with Gasteiger partial charge in [0.15, 0.2) is 0 Å². The highest BCUT2D eigenvalue weighted by molar-refractivity contribution is 5.71. The van der Waals surface area contributed by atoms with E-state index in [1.807, 2.05) is 21.8 Å². The molecular weight excluding hydrogens is 342 g/mol. The number of hydrogen-bond donors (Lipinski definition) is 1. The monoisotopic (exact) mass is 367 g/mol. The van der Waals surface area contributed by atoms with E-state index in [-0.39, 0.29) is 18.2 Å². The molecule has 1 aromatic carbocycles. The Morgan fingerprint density at radius 3 is 2.70 bits per heavy atom. The molecule has 0 spiro atoms. The third-order valence-electron chi connectivity index (χ3n) is 6.01. The number of ether oxygens (including phenoxy) is 1. The standard InChI is InChI=1S/C20H25N5O2/c26-20-25(18-12-21-13-19(18)27-20)17-6-10-23(11-7-17)14-15-2-4-16(5-3-15)24-9-1-8-22-24/h1-5,8-9,17-19,21H,6-7,10-14H2/t18-,19+/m0/s1. The number of nitrogens with one attached hydrogen (secondary N) is 1. The number of piperidine rings is 1. The van der Waals surface area contributed by atoms with Crippen LogP contribution in [0.4, 0.5) is 4.79 Å². The Morgan fingerprint density at radius 1 is 1.15 bits per heavy atom. The van der Waals surface area contributed by atoms with Gasteiger partial charge in [-0.1, -0.05) is 12.1 Å². The summed E-state index contributed by atoms with van der Waals surface area (Å²) in [7, 11) is 0. The maximum atomic E-state index is 12.2. The molecule has 0 saturated carbocycles. The number of amides is 1. The molecule has 0 unspecified atom stereocenters. The average molecular weight is 367 g/mol. The molecule has 3 saturated heterocycles. The highest BCUT2D eigenvalue weighted by Gasteiger charge is 2.47. The van der Waals surface area contributed by atoms with Crippen molar-refractivity contribution in [3.05, 3.63) is 48.3 Å². The van der Waals surface area contributed by atoms with E-state index in [0.717, 1.165) is 51.3 Å². The summed E-state index contributed by atoms with van der Waals surface area (Å²) in [6, 6.07) is 11.0. The van der Waals surface area contributed by atoms with Crippen LogP contribution in [0.5, 0.6) is 0 Å². The molecule has 0 aliphatic carbocycles. The predicted molar refractivity (Wildman–Crippen MR) is 101 cm³/mol. The molecule has 4 heterocycles. The van der Waals surface area contributed by atoms with E-state index in [9.17, 15) is 4.79 Å². The third-order valence-corrected chi connectivity index (χ3v) is 6.01. The van der Waals surface area contributed by atoms with E-state index in [4.69, 9.17) is 4.74 Å². The number of benzene rings is 1. The van der Waals surface area contributed by atoms with Gasteiger partial charge in [-0.2, -0.15) is 5.10 Å². The number of fused-ring (bicyclic) bond motifs is 1. The lowest BCUT2D eigenvalue weighted by molar-refractivity contribution is 0.102. The van der Waals surface area contributed by atoms with Crippen molar-refractivity contribution in [3.63, 3.8) is 0 Å². The summed E-state index contributed by atoms with van der Waals surface area (Å²) in [5.41, 5.74) is 2.39. The van der Waals surface area contributed by atoms with Gasteiger partial charge in [0.2, 0.25) is 0 Å². The molecule has 2 atom stereocenters. The molecule has 0 bridgehead atoms. The zero-order chi connectivity index (χ0) is 18.2. The largest absolute Gasteiger partial charge is 0.442 e. The Bertz CT molecular complexity index is 783. The highest BCUT2D eigenvalue weighted by Crippen LogP contribution is 2.29. The molecule has 3 aliphatic heterocycles. The maximum Gasteiger partial charge on any atom is 0.410 e. The van der Waals surface area contributed by atoms with Crippen LogP contribution in [0.1, 0.15) is 18.4 Å². The Morgan fingerprint density at radius 2 is 1.96 bits per heavy atom. The van der Waals surface area contributed by atoms with Crippen molar-refractivity contribution in [2.24, 2.45) is 0 Å². The topological polar surface area (TPSA) is 62.6 Å². The molecule has 7 nitrogen and oxygen atoms in total. The van der Waals surface area contributed by atoms with Gasteiger partial charge < -0.3 is 10.1 Å². The van der Waals surface area contributed by atoms with Crippen LogP contribution in [0.3, 0.4) is 0 Å². The van der Waals surface area contributed by atoms with Crippen LogP contribution in [-0.4, -0.2) is 70.0 Å². The highest BCUT2D eigenvalue weighted by atomic mass is 16.6. The molecule has 0 radical (unpaired) electrons. The first-order chi connectivity index (χ1) is 13.3. The normalized spacial score (nSPS) is 26.4. The van der Waals surface area contributed by atoms with Gasteiger partial charge in [-0.15, -0.1) is 0 Å². The molecule has 1 amide bonds. The van der Waals surface area contributed by atoms with Crippen LogP contribution in [0.25, 0.3) is 5.69 Å². The van der Waals surface area contributed by atoms with Crippen molar-refractivity contribution in [2.45, 2.75) is 37.6 Å². The molecule has 1 aromatic heterocycles. The summed E-state index contributed by atoms with van der Waals surface area (Å²) in [5, 5.41) is 7.60. The Kier molecular flexibility index (Phi) is 4.33. The number of aromatic nitrogens is 2. The van der Waals surface area contributed by atoms with Crippen molar-refractivity contribution in [1.29, 1.82) is 0 Å². The van der Waals surface area contributed by atoms with E-state index >= 15 is 0 Å². The SMILES string of the molecule is O=C1O[C@@H]2CNC[C@@H]2N1C1CCN(Cc2ccc(-n3cccn3)cc2)CC1. The second-order valence-electron chi connectivity index (χ2n) is 7.68. The first-order valence-electron chi connectivity index (χ1n) is 9.79. The summed E-state index contributed by atoms with van der Waals surface area (Å²) in [5.74, 6) is 0. The molecule has 5 rings (SSSR count). The fourth-order valence-corrected chi connectivity index (χ4v) is 4.57. The second kappa shape index (κ2) is 6.98. The van der Waals surface area contributed by atoms with E-state index in [1.165, 1.54) is 5.56 Å². The number of nitrogens with zero attached hydrogens (tertiary/aromatic N) is 4. The fraction of sp³-hybridized carbons (Fsp3) is 0.500. The number of carbonyl (C=O) groups excluding carboxylic acids is 1. The van der Waals surface area contributed by atoms with Crippen molar-refractivity contribution in [3.8, 4) is 5.69 Å². The molecule has 142 valence electrons. The second-order valence-corrected chi connectivity index (χ2v) is 7.68. The van der Waals surface area contributed by atoms with Gasteiger partial charge in [0.05, 0.1) is 11.7 Å². The first-order valence-corrected chi connectivity index (χ1v) is 9.79. The first kappa shape index (κ1) is 16.8. The van der Waals surface area contributed by atoms with Crippen molar-refractivity contribution in [1.82, 2.24) is 24.9 Å². The average Bonchev–Trinajstić information content (AvgIpc) is 3.41. The zero-order valence-electron chi connectivity index (χ0n) is 15.3. The van der Waals surface area contributed by atoms with Crippen LogP contribution >= 0.6 is 0 Å². The van der Waals surface area contributed by atoms with Crippen molar-refractivity contribution < 1.29 is 9.53 Å². The summed E-state index contributed by atoms with van der Waals surface area (Å²) in [6.07, 6.45) is 5.71. The lowest BCUT2D eigenvalue weighted by atomic mass is 10.0. The molecule has 1 N–H and O–H groups in total. The Balaban J connectivity index is 1.17. The van der Waals surface area contributed by atoms with Crippen LogP contribution < -0.4 is 5.32 Å². The van der Waals surface area contributed by atoms with Gasteiger partial charge in [0.25, 0.3) is 0 Å². The van der Waals surface area contributed by atoms with E-state index < -0.39 is 0 Å². The van der Waals surface area contributed by atoms with Crippen LogP contribution in [0, 0.1) is 0 Å². The minimum atomic E-state index is -0.112. The van der Waals surface area contributed by atoms with Gasteiger partial charge in [-0.25, -0.2) is 9.48 Å². The van der Waals surface area contributed by atoms with Gasteiger partial charge in [0, 0.05) is 51.2 Å². The van der Waals surface area contributed by atoms with Gasteiger partial charge in [-0.05, 0) is 36.6 Å². The predicted octanol–water partition coefficient (Wildman–Crippen LogP) is 1.63. The Hall–Kier alpha value is -2.38. The summed E-state index contributed by atoms with van der Waals surface area (Å²) < 4.78 is 7.39.